The Kier molecular flexibility index (Phi) is 4.05. The Labute approximate surface area is 101 Å². The molecule has 0 aromatic carbocycles. The van der Waals surface area contributed by atoms with Gasteiger partial charge < -0.3 is 14.4 Å². The summed E-state index contributed by atoms with van der Waals surface area (Å²) < 4.78 is 10.6. The quantitative estimate of drug-likeness (QED) is 0.646. The minimum Gasteiger partial charge on any atom is -0.376 e. The van der Waals surface area contributed by atoms with Crippen molar-refractivity contribution in [2.45, 2.75) is 24.8 Å². The van der Waals surface area contributed by atoms with Crippen LogP contribution in [0.3, 0.4) is 0 Å². The third kappa shape index (κ3) is 2.67. The molecule has 5 heteroatoms. The highest BCUT2D eigenvalue weighted by Crippen LogP contribution is 2.22. The molecule has 0 bridgehead atoms. The minimum atomic E-state index is -0.425. The van der Waals surface area contributed by atoms with Gasteiger partial charge >= 0.3 is 0 Å². The first-order chi connectivity index (χ1) is 7.68. The zero-order valence-electron chi connectivity index (χ0n) is 9.52. The molecule has 2 rings (SSSR count). The van der Waals surface area contributed by atoms with Crippen LogP contribution in [0.5, 0.6) is 0 Å². The number of ether oxygens (including phenoxy) is 2. The topological polar surface area (TPSA) is 38.8 Å². The number of nitrogens with zero attached hydrogens (tertiary/aromatic N) is 1. The third-order valence-electron chi connectivity index (χ3n) is 3.27. The van der Waals surface area contributed by atoms with Gasteiger partial charge in [-0.25, -0.2) is 0 Å². The zero-order valence-corrected chi connectivity index (χ0v) is 10.3. The molecule has 0 aromatic rings. The molecule has 4 nitrogen and oxygen atoms in total. The Morgan fingerprint density at radius 3 is 2.88 bits per heavy atom. The molecule has 92 valence electrons. The average Bonchev–Trinajstić information content (AvgIpc) is 2.33. The van der Waals surface area contributed by atoms with Gasteiger partial charge in [0.2, 0.25) is 0 Å². The van der Waals surface area contributed by atoms with Gasteiger partial charge in [-0.05, 0) is 12.3 Å². The van der Waals surface area contributed by atoms with Gasteiger partial charge in [0.15, 0.2) is 6.10 Å². The lowest BCUT2D eigenvalue weighted by molar-refractivity contribution is -0.159. The van der Waals surface area contributed by atoms with Gasteiger partial charge in [-0.1, -0.05) is 6.92 Å². The van der Waals surface area contributed by atoms with Gasteiger partial charge in [0.05, 0.1) is 25.2 Å². The first kappa shape index (κ1) is 12.1. The monoisotopic (exact) mass is 247 g/mol. The van der Waals surface area contributed by atoms with Crippen LogP contribution >= 0.6 is 11.6 Å². The number of piperidine rings is 1. The Morgan fingerprint density at radius 1 is 1.44 bits per heavy atom. The van der Waals surface area contributed by atoms with E-state index in [9.17, 15) is 4.79 Å². The summed E-state index contributed by atoms with van der Waals surface area (Å²) in [4.78, 5) is 13.9. The van der Waals surface area contributed by atoms with E-state index in [-0.39, 0.29) is 11.3 Å². The molecular formula is C11H18ClNO3. The van der Waals surface area contributed by atoms with Crippen LogP contribution in [0.2, 0.25) is 0 Å². The van der Waals surface area contributed by atoms with Crippen LogP contribution in [-0.2, 0) is 14.3 Å². The number of carbonyl (C=O) groups excluding carboxylic acids is 1. The largest absolute Gasteiger partial charge is 0.376 e. The molecule has 0 N–H and O–H groups in total. The first-order valence-electron chi connectivity index (χ1n) is 5.80. The van der Waals surface area contributed by atoms with E-state index in [1.165, 1.54) is 0 Å². The van der Waals surface area contributed by atoms with Crippen LogP contribution in [0, 0.1) is 5.92 Å². The molecule has 2 heterocycles. The highest BCUT2D eigenvalue weighted by atomic mass is 35.5. The van der Waals surface area contributed by atoms with Crippen molar-refractivity contribution in [3.8, 4) is 0 Å². The van der Waals surface area contributed by atoms with Crippen LogP contribution in [0.25, 0.3) is 0 Å². The molecule has 2 aliphatic rings. The second kappa shape index (κ2) is 5.34. The van der Waals surface area contributed by atoms with Crippen LogP contribution in [0.4, 0.5) is 0 Å². The molecule has 16 heavy (non-hydrogen) atoms. The predicted octanol–water partition coefficient (Wildman–Crippen LogP) is 0.878. The van der Waals surface area contributed by atoms with Gasteiger partial charge in [-0.3, -0.25) is 4.79 Å². The standard InChI is InChI=1S/C11H18ClNO3/c1-8-2-3-13(6-9(8)12)11(14)10-7-15-4-5-16-10/h8-10H,2-7H2,1H3. The van der Waals surface area contributed by atoms with E-state index in [4.69, 9.17) is 21.1 Å². The van der Waals surface area contributed by atoms with Gasteiger partial charge in [0.25, 0.3) is 5.91 Å². The van der Waals surface area contributed by atoms with E-state index in [1.807, 2.05) is 0 Å². The lowest BCUT2D eigenvalue weighted by Crippen LogP contribution is -2.50. The van der Waals surface area contributed by atoms with Gasteiger partial charge in [0.1, 0.15) is 0 Å². The molecule has 0 spiro atoms. The molecule has 0 radical (unpaired) electrons. The Bertz CT molecular complexity index is 256. The molecule has 1 amide bonds. The van der Waals surface area contributed by atoms with Gasteiger partial charge in [0, 0.05) is 13.1 Å². The fourth-order valence-corrected chi connectivity index (χ4v) is 2.35. The normalized spacial score (nSPS) is 36.1. The Morgan fingerprint density at radius 2 is 2.25 bits per heavy atom. The summed E-state index contributed by atoms with van der Waals surface area (Å²) in [6.07, 6.45) is 0.541. The zero-order chi connectivity index (χ0) is 11.5. The van der Waals surface area contributed by atoms with E-state index in [2.05, 4.69) is 6.92 Å². The summed E-state index contributed by atoms with van der Waals surface area (Å²) in [5.41, 5.74) is 0. The summed E-state index contributed by atoms with van der Waals surface area (Å²) in [5, 5.41) is 0.0576. The SMILES string of the molecule is CC1CCN(C(=O)C2COCCO2)CC1Cl. The van der Waals surface area contributed by atoms with Crippen LogP contribution in [0.15, 0.2) is 0 Å². The Balaban J connectivity index is 1.89. The predicted molar refractivity (Wildman–Crippen MR) is 60.6 cm³/mol. The number of hydrogen-bond acceptors (Lipinski definition) is 3. The van der Waals surface area contributed by atoms with Crippen molar-refractivity contribution >= 4 is 17.5 Å². The fourth-order valence-electron chi connectivity index (χ4n) is 2.06. The molecule has 2 aliphatic heterocycles. The van der Waals surface area contributed by atoms with Crippen molar-refractivity contribution in [3.05, 3.63) is 0 Å². The lowest BCUT2D eigenvalue weighted by Gasteiger charge is -2.36. The maximum absolute atomic E-state index is 12.1. The van der Waals surface area contributed by atoms with E-state index in [0.29, 0.717) is 32.3 Å². The van der Waals surface area contributed by atoms with Crippen molar-refractivity contribution in [1.82, 2.24) is 4.90 Å². The van der Waals surface area contributed by atoms with Crippen molar-refractivity contribution in [2.75, 3.05) is 32.9 Å². The molecule has 0 saturated carbocycles. The summed E-state index contributed by atoms with van der Waals surface area (Å²) in [5.74, 6) is 0.506. The summed E-state index contributed by atoms with van der Waals surface area (Å²) >= 11 is 6.18. The second-order valence-corrected chi connectivity index (χ2v) is 5.06. The van der Waals surface area contributed by atoms with Gasteiger partial charge in [-0.15, -0.1) is 11.6 Å². The molecule has 3 atom stereocenters. The molecule has 0 aromatic heterocycles. The summed E-state index contributed by atoms with van der Waals surface area (Å²) in [7, 11) is 0. The summed E-state index contributed by atoms with van der Waals surface area (Å²) in [6.45, 7) is 4.99. The first-order valence-corrected chi connectivity index (χ1v) is 6.24. The third-order valence-corrected chi connectivity index (χ3v) is 3.84. The smallest absolute Gasteiger partial charge is 0.254 e. The number of hydrogen-bond donors (Lipinski definition) is 0. The van der Waals surface area contributed by atoms with Crippen molar-refractivity contribution in [1.29, 1.82) is 0 Å². The number of amides is 1. The highest BCUT2D eigenvalue weighted by Gasteiger charge is 2.32. The fraction of sp³-hybridized carbons (Fsp3) is 0.909. The average molecular weight is 248 g/mol. The van der Waals surface area contributed by atoms with Gasteiger partial charge in [-0.2, -0.15) is 0 Å². The van der Waals surface area contributed by atoms with E-state index in [1.54, 1.807) is 4.90 Å². The van der Waals surface area contributed by atoms with Crippen LogP contribution < -0.4 is 0 Å². The van der Waals surface area contributed by atoms with E-state index < -0.39 is 6.10 Å². The number of carbonyl (C=O) groups is 1. The molecule has 2 saturated heterocycles. The van der Waals surface area contributed by atoms with E-state index >= 15 is 0 Å². The van der Waals surface area contributed by atoms with Crippen molar-refractivity contribution < 1.29 is 14.3 Å². The van der Waals surface area contributed by atoms with Crippen molar-refractivity contribution in [3.63, 3.8) is 0 Å². The molecule has 3 unspecified atom stereocenters. The molecular weight excluding hydrogens is 230 g/mol. The minimum absolute atomic E-state index is 0.0252. The van der Waals surface area contributed by atoms with E-state index in [0.717, 1.165) is 13.0 Å². The van der Waals surface area contributed by atoms with Crippen LogP contribution in [-0.4, -0.2) is 55.2 Å². The lowest BCUT2D eigenvalue weighted by atomic mass is 9.98. The number of alkyl halides is 1. The summed E-state index contributed by atoms with van der Waals surface area (Å²) in [6, 6.07) is 0. The Hall–Kier alpha value is -0.320. The maximum Gasteiger partial charge on any atom is 0.254 e. The number of likely N-dealkylation sites (tertiary alicyclic amines) is 1. The number of rotatable bonds is 1. The highest BCUT2D eigenvalue weighted by molar-refractivity contribution is 6.21. The van der Waals surface area contributed by atoms with Crippen molar-refractivity contribution in [2.24, 2.45) is 5.92 Å². The second-order valence-electron chi connectivity index (χ2n) is 4.50. The number of halogens is 1. The van der Waals surface area contributed by atoms with Crippen LogP contribution in [0.1, 0.15) is 13.3 Å². The molecule has 2 fully saturated rings. The maximum atomic E-state index is 12.1. The molecule has 0 aliphatic carbocycles.